The fraction of sp³-hybridized carbons (Fsp3) is 0.350. The molecule has 1 atom stereocenters. The third-order valence-corrected chi connectivity index (χ3v) is 3.87. The molecule has 1 unspecified atom stereocenters. The topological polar surface area (TPSA) is 52.0 Å². The number of carbonyl (C=O) groups is 1. The predicted octanol–water partition coefficient (Wildman–Crippen LogP) is 1.43. The minimum absolute atomic E-state index is 0.0225. The summed E-state index contributed by atoms with van der Waals surface area (Å²) < 4.78 is 10.7. The number of para-hydroxylation sites is 1. The summed E-state index contributed by atoms with van der Waals surface area (Å²) >= 11 is 0. The molecule has 1 amide bonds. The summed E-state index contributed by atoms with van der Waals surface area (Å²) in [5.74, 6) is 1.69. The van der Waals surface area contributed by atoms with Crippen molar-refractivity contribution in [1.82, 2.24) is 5.32 Å². The van der Waals surface area contributed by atoms with Crippen LogP contribution in [0.2, 0.25) is 0 Å². The van der Waals surface area contributed by atoms with E-state index in [1.54, 1.807) is 7.11 Å². The van der Waals surface area contributed by atoms with E-state index >= 15 is 0 Å². The number of quaternary nitrogens is 1. The van der Waals surface area contributed by atoms with E-state index in [2.05, 4.69) is 5.32 Å². The summed E-state index contributed by atoms with van der Waals surface area (Å²) in [6.45, 7) is 4.31. The zero-order valence-corrected chi connectivity index (χ0v) is 15.2. The van der Waals surface area contributed by atoms with Crippen LogP contribution >= 0.6 is 0 Å². The van der Waals surface area contributed by atoms with Crippen LogP contribution < -0.4 is 19.7 Å². The number of nitrogens with one attached hydrogen (secondary N) is 2. The first-order chi connectivity index (χ1) is 12.1. The Labute approximate surface area is 149 Å². The van der Waals surface area contributed by atoms with Crippen LogP contribution in [0.5, 0.6) is 11.5 Å². The van der Waals surface area contributed by atoms with E-state index in [0.29, 0.717) is 19.7 Å². The molecular weight excluding hydrogens is 316 g/mol. The van der Waals surface area contributed by atoms with Crippen LogP contribution in [-0.4, -0.2) is 33.2 Å². The van der Waals surface area contributed by atoms with Gasteiger partial charge in [0.1, 0.15) is 18.0 Å². The highest BCUT2D eigenvalue weighted by Gasteiger charge is 2.11. The molecule has 0 fully saturated rings. The minimum Gasteiger partial charge on any atom is -0.496 e. The van der Waals surface area contributed by atoms with Gasteiger partial charge in [-0.3, -0.25) is 4.79 Å². The molecule has 0 radical (unpaired) electrons. The molecule has 2 rings (SSSR count). The molecule has 134 valence electrons. The summed E-state index contributed by atoms with van der Waals surface area (Å²) in [5.41, 5.74) is 2.15. The molecule has 25 heavy (non-hydrogen) atoms. The van der Waals surface area contributed by atoms with Crippen molar-refractivity contribution in [3.63, 3.8) is 0 Å². The van der Waals surface area contributed by atoms with Crippen LogP contribution in [0.25, 0.3) is 0 Å². The molecule has 0 bridgehead atoms. The summed E-state index contributed by atoms with van der Waals surface area (Å²) in [5, 5.41) is 2.96. The average Bonchev–Trinajstić information content (AvgIpc) is 2.62. The Morgan fingerprint density at radius 1 is 1.12 bits per heavy atom. The molecule has 5 heteroatoms. The maximum atomic E-state index is 12.2. The Morgan fingerprint density at radius 2 is 1.84 bits per heavy atom. The second-order valence-corrected chi connectivity index (χ2v) is 5.98. The van der Waals surface area contributed by atoms with Crippen molar-refractivity contribution in [1.29, 1.82) is 0 Å². The normalized spacial score (nSPS) is 11.6. The monoisotopic (exact) mass is 343 g/mol. The summed E-state index contributed by atoms with van der Waals surface area (Å²) in [6.07, 6.45) is 0. The van der Waals surface area contributed by atoms with Crippen molar-refractivity contribution in [2.45, 2.75) is 20.0 Å². The zero-order chi connectivity index (χ0) is 18.1. The van der Waals surface area contributed by atoms with Gasteiger partial charge in [-0.05, 0) is 37.3 Å². The van der Waals surface area contributed by atoms with E-state index in [-0.39, 0.29) is 5.91 Å². The van der Waals surface area contributed by atoms with Gasteiger partial charge in [-0.15, -0.1) is 0 Å². The highest BCUT2D eigenvalue weighted by atomic mass is 16.5. The zero-order valence-electron chi connectivity index (χ0n) is 15.2. The first-order valence-corrected chi connectivity index (χ1v) is 8.54. The van der Waals surface area contributed by atoms with E-state index in [9.17, 15) is 4.79 Å². The maximum Gasteiger partial charge on any atom is 0.275 e. The largest absolute Gasteiger partial charge is 0.496 e. The van der Waals surface area contributed by atoms with Crippen molar-refractivity contribution < 1.29 is 19.2 Å². The quantitative estimate of drug-likeness (QED) is 0.724. The van der Waals surface area contributed by atoms with Crippen molar-refractivity contribution >= 4 is 5.91 Å². The molecule has 2 aromatic rings. The number of amides is 1. The van der Waals surface area contributed by atoms with Gasteiger partial charge in [0.25, 0.3) is 5.91 Å². The molecule has 0 aliphatic rings. The Hall–Kier alpha value is -2.53. The highest BCUT2D eigenvalue weighted by Crippen LogP contribution is 2.16. The lowest BCUT2D eigenvalue weighted by Crippen LogP contribution is -3.08. The van der Waals surface area contributed by atoms with E-state index in [4.69, 9.17) is 9.47 Å². The second-order valence-electron chi connectivity index (χ2n) is 5.98. The summed E-state index contributed by atoms with van der Waals surface area (Å²) in [4.78, 5) is 13.3. The standard InChI is InChI=1S/C20H26N2O3/c1-4-25-18-11-9-16(10-12-18)14-22(2)15-20(23)21-13-17-7-5-6-8-19(17)24-3/h5-12H,4,13-15H2,1-3H3,(H,21,23)/p+1. The Bertz CT molecular complexity index is 671. The molecular formula is C20H27N2O3+. The summed E-state index contributed by atoms with van der Waals surface area (Å²) in [6, 6.07) is 15.7. The number of benzene rings is 2. The third kappa shape index (κ3) is 6.12. The minimum atomic E-state index is 0.0225. The fourth-order valence-corrected chi connectivity index (χ4v) is 2.66. The maximum absolute atomic E-state index is 12.2. The van der Waals surface area contributed by atoms with Crippen LogP contribution in [0.1, 0.15) is 18.1 Å². The molecule has 5 nitrogen and oxygen atoms in total. The van der Waals surface area contributed by atoms with Gasteiger partial charge in [-0.2, -0.15) is 0 Å². The van der Waals surface area contributed by atoms with Crippen LogP contribution in [0.3, 0.4) is 0 Å². The van der Waals surface area contributed by atoms with Crippen LogP contribution in [0.4, 0.5) is 0 Å². The van der Waals surface area contributed by atoms with Gasteiger partial charge >= 0.3 is 0 Å². The fourth-order valence-electron chi connectivity index (χ4n) is 2.66. The van der Waals surface area contributed by atoms with Gasteiger partial charge in [0.05, 0.1) is 20.8 Å². The van der Waals surface area contributed by atoms with E-state index in [1.807, 2.05) is 62.5 Å². The summed E-state index contributed by atoms with van der Waals surface area (Å²) in [7, 11) is 3.65. The first-order valence-electron chi connectivity index (χ1n) is 8.54. The molecule has 0 saturated carbocycles. The first kappa shape index (κ1) is 18.8. The molecule has 2 N–H and O–H groups in total. The number of hydrogen-bond acceptors (Lipinski definition) is 3. The van der Waals surface area contributed by atoms with Gasteiger partial charge in [0, 0.05) is 17.7 Å². The van der Waals surface area contributed by atoms with E-state index < -0.39 is 0 Å². The van der Waals surface area contributed by atoms with Crippen molar-refractivity contribution in [2.24, 2.45) is 0 Å². The smallest absolute Gasteiger partial charge is 0.275 e. The van der Waals surface area contributed by atoms with Gasteiger partial charge in [-0.1, -0.05) is 18.2 Å². The molecule has 2 aromatic carbocycles. The van der Waals surface area contributed by atoms with Crippen molar-refractivity contribution in [2.75, 3.05) is 27.3 Å². The molecule has 0 heterocycles. The molecule has 0 aliphatic heterocycles. The number of methoxy groups -OCH3 is 1. The molecule has 0 spiro atoms. The molecule has 0 saturated heterocycles. The van der Waals surface area contributed by atoms with E-state index in [0.717, 1.165) is 28.5 Å². The van der Waals surface area contributed by atoms with Crippen LogP contribution in [0, 0.1) is 0 Å². The average molecular weight is 343 g/mol. The Morgan fingerprint density at radius 3 is 2.52 bits per heavy atom. The lowest BCUT2D eigenvalue weighted by Gasteiger charge is -2.15. The second kappa shape index (κ2) is 9.69. The van der Waals surface area contributed by atoms with Gasteiger partial charge in [0.2, 0.25) is 0 Å². The molecule has 0 aliphatic carbocycles. The Balaban J connectivity index is 1.79. The van der Waals surface area contributed by atoms with Crippen molar-refractivity contribution in [3.8, 4) is 11.5 Å². The number of ether oxygens (including phenoxy) is 2. The number of hydrogen-bond donors (Lipinski definition) is 2. The number of rotatable bonds is 9. The van der Waals surface area contributed by atoms with Gasteiger partial charge in [0.15, 0.2) is 6.54 Å². The Kier molecular flexibility index (Phi) is 7.29. The lowest BCUT2D eigenvalue weighted by atomic mass is 10.2. The number of carbonyl (C=O) groups excluding carboxylic acids is 1. The number of likely N-dealkylation sites (N-methyl/N-ethyl adjacent to an activating group) is 1. The predicted molar refractivity (Wildman–Crippen MR) is 97.9 cm³/mol. The van der Waals surface area contributed by atoms with E-state index in [1.165, 1.54) is 5.56 Å². The lowest BCUT2D eigenvalue weighted by molar-refractivity contribution is -0.885. The van der Waals surface area contributed by atoms with Crippen LogP contribution in [0.15, 0.2) is 48.5 Å². The third-order valence-electron chi connectivity index (χ3n) is 3.87. The molecule has 0 aromatic heterocycles. The van der Waals surface area contributed by atoms with Crippen molar-refractivity contribution in [3.05, 3.63) is 59.7 Å². The van der Waals surface area contributed by atoms with Crippen LogP contribution in [-0.2, 0) is 17.9 Å². The van der Waals surface area contributed by atoms with Gasteiger partial charge < -0.3 is 19.7 Å². The highest BCUT2D eigenvalue weighted by molar-refractivity contribution is 5.76. The van der Waals surface area contributed by atoms with Gasteiger partial charge in [-0.25, -0.2) is 0 Å². The SMILES string of the molecule is CCOc1ccc(C[NH+](C)CC(=O)NCc2ccccc2OC)cc1.